The fourth-order valence-electron chi connectivity index (χ4n) is 2.34. The third kappa shape index (κ3) is 2.61. The van der Waals surface area contributed by atoms with Crippen molar-refractivity contribution in [3.63, 3.8) is 0 Å². The minimum atomic E-state index is -3.80. The molecule has 0 radical (unpaired) electrons. The maximum Gasteiger partial charge on any atom is 0.207 e. The molecule has 0 aromatic heterocycles. The van der Waals surface area contributed by atoms with Crippen LogP contribution in [0.15, 0.2) is 34.1 Å². The highest BCUT2D eigenvalue weighted by molar-refractivity contribution is 7.91. The maximum atomic E-state index is 12.8. The van der Waals surface area contributed by atoms with E-state index in [1.165, 1.54) is 12.1 Å². The van der Waals surface area contributed by atoms with Gasteiger partial charge in [-0.2, -0.15) is 0 Å². The number of hydrogen-bond acceptors (Lipinski definition) is 4. The van der Waals surface area contributed by atoms with Gasteiger partial charge >= 0.3 is 0 Å². The first-order chi connectivity index (χ1) is 9.64. The molecule has 2 aromatic carbocycles. The van der Waals surface area contributed by atoms with E-state index >= 15 is 0 Å². The summed E-state index contributed by atoms with van der Waals surface area (Å²) in [5.74, 6) is -0.124. The Kier molecular flexibility index (Phi) is 3.72. The molecule has 21 heavy (non-hydrogen) atoms. The summed E-state index contributed by atoms with van der Waals surface area (Å²) in [6.07, 6.45) is 0. The molecule has 2 aromatic rings. The summed E-state index contributed by atoms with van der Waals surface area (Å²) in [7, 11) is -3.80. The van der Waals surface area contributed by atoms with Gasteiger partial charge in [0, 0.05) is 0 Å². The Hall–Kier alpha value is -2.01. The number of phenols is 2. The molecule has 0 bridgehead atoms. The number of hydrogen-bond donors (Lipinski definition) is 2. The van der Waals surface area contributed by atoms with Crippen molar-refractivity contribution in [2.24, 2.45) is 0 Å². The molecule has 112 valence electrons. The zero-order valence-corrected chi connectivity index (χ0v) is 13.2. The fourth-order valence-corrected chi connectivity index (χ4v) is 4.08. The van der Waals surface area contributed by atoms with Gasteiger partial charge in [-0.05, 0) is 62.1 Å². The van der Waals surface area contributed by atoms with Crippen molar-refractivity contribution >= 4 is 9.84 Å². The zero-order valence-electron chi connectivity index (χ0n) is 12.4. The quantitative estimate of drug-likeness (QED) is 0.893. The van der Waals surface area contributed by atoms with Crippen LogP contribution in [0, 0.1) is 27.7 Å². The first-order valence-electron chi connectivity index (χ1n) is 6.50. The van der Waals surface area contributed by atoms with Gasteiger partial charge < -0.3 is 10.2 Å². The van der Waals surface area contributed by atoms with Gasteiger partial charge in [0.2, 0.25) is 9.84 Å². The third-order valence-electron chi connectivity index (χ3n) is 3.57. The summed E-state index contributed by atoms with van der Waals surface area (Å²) in [4.78, 5) is 0.105. The highest BCUT2D eigenvalue weighted by Gasteiger charge is 2.24. The van der Waals surface area contributed by atoms with E-state index in [9.17, 15) is 18.6 Å². The summed E-state index contributed by atoms with van der Waals surface area (Å²) in [6, 6.07) is 5.78. The van der Waals surface area contributed by atoms with E-state index in [-0.39, 0.29) is 21.3 Å². The van der Waals surface area contributed by atoms with Crippen LogP contribution in [0.5, 0.6) is 11.5 Å². The van der Waals surface area contributed by atoms with Gasteiger partial charge in [-0.1, -0.05) is 12.1 Å². The Morgan fingerprint density at radius 2 is 1.00 bits per heavy atom. The molecule has 4 nitrogen and oxygen atoms in total. The van der Waals surface area contributed by atoms with Crippen LogP contribution in [-0.4, -0.2) is 18.6 Å². The molecule has 0 saturated carbocycles. The Morgan fingerprint density at radius 3 is 1.33 bits per heavy atom. The summed E-state index contributed by atoms with van der Waals surface area (Å²) in [5.41, 5.74) is 2.36. The molecule has 2 rings (SSSR count). The predicted molar refractivity (Wildman–Crippen MR) is 80.6 cm³/mol. The summed E-state index contributed by atoms with van der Waals surface area (Å²) in [5, 5.41) is 19.6. The molecule has 0 fully saturated rings. The van der Waals surface area contributed by atoms with Gasteiger partial charge in [0.25, 0.3) is 0 Å². The van der Waals surface area contributed by atoms with Crippen LogP contribution in [0.1, 0.15) is 22.3 Å². The van der Waals surface area contributed by atoms with Gasteiger partial charge in [0.1, 0.15) is 11.5 Å². The highest BCUT2D eigenvalue weighted by atomic mass is 32.2. The minimum Gasteiger partial charge on any atom is -0.508 e. The molecule has 0 atom stereocenters. The fraction of sp³-hybridized carbons (Fsp3) is 0.250. The van der Waals surface area contributed by atoms with Crippen molar-refractivity contribution in [1.29, 1.82) is 0 Å². The number of aromatic hydroxyl groups is 2. The molecule has 2 N–H and O–H groups in total. The standard InChI is InChI=1S/C16H18O4S/c1-9-5-11(3)15(7-13(9)17)21(19,20)16-8-14(18)10(2)6-12(16)4/h5-8,17-18H,1-4H3. The molecule has 5 heteroatoms. The third-order valence-corrected chi connectivity index (χ3v) is 5.60. The lowest BCUT2D eigenvalue weighted by atomic mass is 10.1. The van der Waals surface area contributed by atoms with Gasteiger partial charge in [-0.3, -0.25) is 0 Å². The largest absolute Gasteiger partial charge is 0.508 e. The molecular weight excluding hydrogens is 288 g/mol. The van der Waals surface area contributed by atoms with Crippen LogP contribution in [0.25, 0.3) is 0 Å². The average Bonchev–Trinajstić information content (AvgIpc) is 2.37. The van der Waals surface area contributed by atoms with Crippen molar-refractivity contribution < 1.29 is 18.6 Å². The van der Waals surface area contributed by atoms with Crippen LogP contribution >= 0.6 is 0 Å². The van der Waals surface area contributed by atoms with Crippen molar-refractivity contribution in [3.8, 4) is 11.5 Å². The predicted octanol–water partition coefficient (Wildman–Crippen LogP) is 3.16. The second kappa shape index (κ2) is 5.07. The van der Waals surface area contributed by atoms with E-state index in [1.807, 2.05) is 0 Å². The van der Waals surface area contributed by atoms with Crippen molar-refractivity contribution in [3.05, 3.63) is 46.5 Å². The highest BCUT2D eigenvalue weighted by Crippen LogP contribution is 2.33. The van der Waals surface area contributed by atoms with Crippen LogP contribution < -0.4 is 0 Å². The second-order valence-corrected chi connectivity index (χ2v) is 7.20. The lowest BCUT2D eigenvalue weighted by molar-refractivity contribution is 0.468. The zero-order chi connectivity index (χ0) is 15.9. The van der Waals surface area contributed by atoms with Gasteiger partial charge in [-0.25, -0.2) is 8.42 Å². The van der Waals surface area contributed by atoms with Gasteiger partial charge in [0.05, 0.1) is 9.79 Å². The van der Waals surface area contributed by atoms with Crippen LogP contribution in [0.3, 0.4) is 0 Å². The smallest absolute Gasteiger partial charge is 0.207 e. The molecule has 0 aliphatic carbocycles. The summed E-state index contributed by atoms with van der Waals surface area (Å²) in [6.45, 7) is 6.79. The van der Waals surface area contributed by atoms with Crippen LogP contribution in [0.2, 0.25) is 0 Å². The number of benzene rings is 2. The molecule has 0 aliphatic heterocycles. The Morgan fingerprint density at radius 1 is 0.667 bits per heavy atom. The molecule has 0 unspecified atom stereocenters. The molecule has 0 heterocycles. The van der Waals surface area contributed by atoms with E-state index in [1.54, 1.807) is 39.8 Å². The minimum absolute atomic E-state index is 0.0527. The van der Waals surface area contributed by atoms with Crippen molar-refractivity contribution in [1.82, 2.24) is 0 Å². The van der Waals surface area contributed by atoms with E-state index in [0.29, 0.717) is 22.3 Å². The van der Waals surface area contributed by atoms with Crippen LogP contribution in [-0.2, 0) is 9.84 Å². The molecule has 0 spiro atoms. The van der Waals surface area contributed by atoms with E-state index in [4.69, 9.17) is 0 Å². The van der Waals surface area contributed by atoms with Crippen LogP contribution in [0.4, 0.5) is 0 Å². The van der Waals surface area contributed by atoms with Gasteiger partial charge in [0.15, 0.2) is 0 Å². The lowest BCUT2D eigenvalue weighted by Crippen LogP contribution is -2.07. The molecular formula is C16H18O4S. The van der Waals surface area contributed by atoms with Gasteiger partial charge in [-0.15, -0.1) is 0 Å². The maximum absolute atomic E-state index is 12.8. The topological polar surface area (TPSA) is 74.6 Å². The first kappa shape index (κ1) is 15.4. The Labute approximate surface area is 124 Å². The summed E-state index contributed by atoms with van der Waals surface area (Å²) >= 11 is 0. The Bertz CT molecular complexity index is 757. The SMILES string of the molecule is Cc1cc(C)c(S(=O)(=O)c2cc(O)c(C)cc2C)cc1O. The number of sulfone groups is 1. The molecule has 0 aliphatic rings. The Balaban J connectivity index is 2.74. The lowest BCUT2D eigenvalue weighted by Gasteiger charge is -2.13. The monoisotopic (exact) mass is 306 g/mol. The van der Waals surface area contributed by atoms with E-state index in [2.05, 4.69) is 0 Å². The number of rotatable bonds is 2. The number of phenolic OH excluding ortho intramolecular Hbond substituents is 2. The van der Waals surface area contributed by atoms with E-state index in [0.717, 1.165) is 0 Å². The summed E-state index contributed by atoms with van der Waals surface area (Å²) < 4.78 is 25.6. The number of aryl methyl sites for hydroxylation is 4. The van der Waals surface area contributed by atoms with Crippen molar-refractivity contribution in [2.45, 2.75) is 37.5 Å². The normalized spacial score (nSPS) is 11.6. The molecule has 0 saturated heterocycles. The second-order valence-electron chi connectivity index (χ2n) is 5.31. The molecule has 0 amide bonds. The average molecular weight is 306 g/mol. The van der Waals surface area contributed by atoms with Crippen molar-refractivity contribution in [2.75, 3.05) is 0 Å². The van der Waals surface area contributed by atoms with E-state index < -0.39 is 9.84 Å². The first-order valence-corrected chi connectivity index (χ1v) is 7.98.